The topological polar surface area (TPSA) is 6.48 Å². The molecule has 2 aliphatic heterocycles. The molecule has 0 radical (unpaired) electrons. The van der Waals surface area contributed by atoms with E-state index in [1.165, 1.54) is 58.3 Å². The van der Waals surface area contributed by atoms with Gasteiger partial charge in [0.15, 0.2) is 0 Å². The lowest BCUT2D eigenvalue weighted by Gasteiger charge is -2.45. The van der Waals surface area contributed by atoms with Crippen LogP contribution in [0.5, 0.6) is 0 Å². The van der Waals surface area contributed by atoms with Gasteiger partial charge in [0.1, 0.15) is 0 Å². The first-order valence-corrected chi connectivity index (χ1v) is 7.70. The van der Waals surface area contributed by atoms with E-state index >= 15 is 0 Å². The Hall–Kier alpha value is -0.0800. The summed E-state index contributed by atoms with van der Waals surface area (Å²) in [4.78, 5) is 5.56. The number of hydrogen-bond acceptors (Lipinski definition) is 2. The molecule has 1 aliphatic carbocycles. The molecule has 0 aromatic carbocycles. The SMILES string of the molecule is CC1CC(C)CC(N2CCN3CCCC3C2)C1. The predicted octanol–water partition coefficient (Wildman–Crippen LogP) is 2.59. The van der Waals surface area contributed by atoms with Gasteiger partial charge < -0.3 is 0 Å². The maximum atomic E-state index is 2.83. The van der Waals surface area contributed by atoms with E-state index in [0.717, 1.165) is 23.9 Å². The Morgan fingerprint density at radius 3 is 2.24 bits per heavy atom. The van der Waals surface area contributed by atoms with Gasteiger partial charge in [-0.2, -0.15) is 0 Å². The molecule has 2 nitrogen and oxygen atoms in total. The van der Waals surface area contributed by atoms with Gasteiger partial charge in [-0.15, -0.1) is 0 Å². The van der Waals surface area contributed by atoms with Gasteiger partial charge in [0, 0.05) is 31.7 Å². The fourth-order valence-electron chi connectivity index (χ4n) is 4.55. The van der Waals surface area contributed by atoms with Crippen molar-refractivity contribution in [2.45, 2.75) is 58.0 Å². The molecule has 1 saturated carbocycles. The molecule has 0 amide bonds. The smallest absolute Gasteiger partial charge is 0.0224 e. The van der Waals surface area contributed by atoms with E-state index in [-0.39, 0.29) is 0 Å². The Balaban J connectivity index is 1.60. The molecule has 2 heteroatoms. The summed E-state index contributed by atoms with van der Waals surface area (Å²) in [7, 11) is 0. The van der Waals surface area contributed by atoms with Crippen molar-refractivity contribution < 1.29 is 0 Å². The molecule has 0 aromatic rings. The van der Waals surface area contributed by atoms with Gasteiger partial charge in [-0.3, -0.25) is 9.80 Å². The van der Waals surface area contributed by atoms with Crippen molar-refractivity contribution in [1.29, 1.82) is 0 Å². The highest BCUT2D eigenvalue weighted by Gasteiger charge is 2.35. The number of hydrogen-bond donors (Lipinski definition) is 0. The van der Waals surface area contributed by atoms with Gasteiger partial charge in [0.2, 0.25) is 0 Å². The number of nitrogens with zero attached hydrogens (tertiary/aromatic N) is 2. The Labute approximate surface area is 106 Å². The molecule has 0 aromatic heterocycles. The van der Waals surface area contributed by atoms with Gasteiger partial charge >= 0.3 is 0 Å². The third-order valence-electron chi connectivity index (χ3n) is 5.29. The highest BCUT2D eigenvalue weighted by Crippen LogP contribution is 2.33. The molecule has 17 heavy (non-hydrogen) atoms. The molecule has 3 aliphatic rings. The van der Waals surface area contributed by atoms with E-state index in [1.807, 2.05) is 0 Å². The zero-order valence-electron chi connectivity index (χ0n) is 11.6. The van der Waals surface area contributed by atoms with E-state index < -0.39 is 0 Å². The van der Waals surface area contributed by atoms with Crippen molar-refractivity contribution >= 4 is 0 Å². The fraction of sp³-hybridized carbons (Fsp3) is 1.00. The normalized spacial score (nSPS) is 44.8. The molecular formula is C15H28N2. The molecule has 0 bridgehead atoms. The first-order chi connectivity index (χ1) is 8.22. The molecule has 0 spiro atoms. The van der Waals surface area contributed by atoms with Crippen molar-refractivity contribution in [1.82, 2.24) is 9.80 Å². The summed E-state index contributed by atoms with van der Waals surface area (Å²) in [5.41, 5.74) is 0. The first kappa shape index (κ1) is 12.0. The summed E-state index contributed by atoms with van der Waals surface area (Å²) in [6.07, 6.45) is 7.26. The standard InChI is InChI=1S/C15H28N2/c1-12-8-13(2)10-15(9-12)17-7-6-16-5-3-4-14(16)11-17/h12-15H,3-11H2,1-2H3. The Kier molecular flexibility index (Phi) is 3.45. The molecular weight excluding hydrogens is 208 g/mol. The van der Waals surface area contributed by atoms with Crippen molar-refractivity contribution in [2.24, 2.45) is 11.8 Å². The lowest BCUT2D eigenvalue weighted by Crippen LogP contribution is -2.54. The van der Waals surface area contributed by atoms with Crippen LogP contribution in [0.25, 0.3) is 0 Å². The van der Waals surface area contributed by atoms with Crippen LogP contribution in [0.15, 0.2) is 0 Å². The summed E-state index contributed by atoms with van der Waals surface area (Å²) in [5, 5.41) is 0. The molecule has 3 fully saturated rings. The molecule has 98 valence electrons. The fourth-order valence-corrected chi connectivity index (χ4v) is 4.55. The summed E-state index contributed by atoms with van der Waals surface area (Å²) in [6.45, 7) is 10.3. The summed E-state index contributed by atoms with van der Waals surface area (Å²) >= 11 is 0. The maximum absolute atomic E-state index is 2.83. The number of piperazine rings is 1. The minimum absolute atomic E-state index is 0.899. The summed E-state index contributed by atoms with van der Waals surface area (Å²) in [6, 6.07) is 1.80. The molecule has 3 atom stereocenters. The van der Waals surface area contributed by atoms with Crippen LogP contribution in [0.1, 0.15) is 46.0 Å². The third-order valence-corrected chi connectivity index (χ3v) is 5.29. The van der Waals surface area contributed by atoms with Crippen molar-refractivity contribution in [3.05, 3.63) is 0 Å². The van der Waals surface area contributed by atoms with Gasteiger partial charge in [-0.25, -0.2) is 0 Å². The van der Waals surface area contributed by atoms with Gasteiger partial charge in [0.05, 0.1) is 0 Å². The molecule has 2 saturated heterocycles. The highest BCUT2D eigenvalue weighted by atomic mass is 15.3. The average molecular weight is 236 g/mol. The Morgan fingerprint density at radius 1 is 0.765 bits per heavy atom. The number of rotatable bonds is 1. The second-order valence-corrected chi connectivity index (χ2v) is 6.90. The molecule has 2 heterocycles. The van der Waals surface area contributed by atoms with E-state index in [0.29, 0.717) is 0 Å². The Morgan fingerprint density at radius 2 is 1.47 bits per heavy atom. The monoisotopic (exact) mass is 236 g/mol. The van der Waals surface area contributed by atoms with E-state index in [2.05, 4.69) is 23.6 Å². The van der Waals surface area contributed by atoms with Crippen molar-refractivity contribution in [2.75, 3.05) is 26.2 Å². The van der Waals surface area contributed by atoms with Gasteiger partial charge in [-0.1, -0.05) is 13.8 Å². The summed E-state index contributed by atoms with van der Waals surface area (Å²) in [5.74, 6) is 1.90. The highest BCUT2D eigenvalue weighted by molar-refractivity contribution is 4.91. The maximum Gasteiger partial charge on any atom is 0.0224 e. The van der Waals surface area contributed by atoms with E-state index in [9.17, 15) is 0 Å². The van der Waals surface area contributed by atoms with Crippen LogP contribution >= 0.6 is 0 Å². The Bertz CT molecular complexity index is 256. The zero-order chi connectivity index (χ0) is 11.8. The predicted molar refractivity (Wildman–Crippen MR) is 72.1 cm³/mol. The van der Waals surface area contributed by atoms with Crippen molar-refractivity contribution in [3.8, 4) is 0 Å². The van der Waals surface area contributed by atoms with Crippen LogP contribution in [0.3, 0.4) is 0 Å². The second-order valence-electron chi connectivity index (χ2n) is 6.90. The second kappa shape index (κ2) is 4.89. The third kappa shape index (κ3) is 2.53. The summed E-state index contributed by atoms with van der Waals surface area (Å²) < 4.78 is 0. The van der Waals surface area contributed by atoms with E-state index in [1.54, 1.807) is 0 Å². The van der Waals surface area contributed by atoms with Crippen LogP contribution in [0.2, 0.25) is 0 Å². The van der Waals surface area contributed by atoms with Crippen LogP contribution in [-0.4, -0.2) is 48.1 Å². The molecule has 3 unspecified atom stereocenters. The quantitative estimate of drug-likeness (QED) is 0.690. The van der Waals surface area contributed by atoms with Crippen LogP contribution in [-0.2, 0) is 0 Å². The molecule has 3 rings (SSSR count). The van der Waals surface area contributed by atoms with Crippen molar-refractivity contribution in [3.63, 3.8) is 0 Å². The first-order valence-electron chi connectivity index (χ1n) is 7.70. The average Bonchev–Trinajstić information content (AvgIpc) is 2.74. The largest absolute Gasteiger partial charge is 0.298 e. The van der Waals surface area contributed by atoms with Crippen LogP contribution in [0, 0.1) is 11.8 Å². The molecule has 0 N–H and O–H groups in total. The minimum atomic E-state index is 0.899. The van der Waals surface area contributed by atoms with Gasteiger partial charge in [-0.05, 0) is 50.5 Å². The minimum Gasteiger partial charge on any atom is -0.298 e. The lowest BCUT2D eigenvalue weighted by molar-refractivity contribution is 0.0386. The van der Waals surface area contributed by atoms with Gasteiger partial charge in [0.25, 0.3) is 0 Å². The van der Waals surface area contributed by atoms with E-state index in [4.69, 9.17) is 0 Å². The van der Waals surface area contributed by atoms with Crippen LogP contribution < -0.4 is 0 Å². The lowest BCUT2D eigenvalue weighted by atomic mass is 9.79. The zero-order valence-corrected chi connectivity index (χ0v) is 11.6. The number of fused-ring (bicyclic) bond motifs is 1. The van der Waals surface area contributed by atoms with Crippen LogP contribution in [0.4, 0.5) is 0 Å².